The van der Waals surface area contributed by atoms with Crippen LogP contribution in [0, 0.1) is 0 Å². The number of amides is 2. The molecule has 1 atom stereocenters. The van der Waals surface area contributed by atoms with E-state index in [1.54, 1.807) is 4.90 Å². The van der Waals surface area contributed by atoms with Crippen LogP contribution in [0.1, 0.15) is 18.4 Å². The van der Waals surface area contributed by atoms with E-state index in [-0.39, 0.29) is 12.5 Å². The van der Waals surface area contributed by atoms with Crippen molar-refractivity contribution >= 4 is 12.0 Å². The van der Waals surface area contributed by atoms with Crippen molar-refractivity contribution in [2.75, 3.05) is 45.9 Å². The van der Waals surface area contributed by atoms with Gasteiger partial charge in [0, 0.05) is 32.7 Å². The molecule has 142 valence electrons. The van der Waals surface area contributed by atoms with Crippen LogP contribution >= 0.6 is 0 Å². The molecule has 0 aromatic heterocycles. The van der Waals surface area contributed by atoms with Gasteiger partial charge in [0.05, 0.1) is 13.2 Å². The van der Waals surface area contributed by atoms with Gasteiger partial charge in [0.2, 0.25) is 5.91 Å². The summed E-state index contributed by atoms with van der Waals surface area (Å²) in [7, 11) is 0. The minimum Gasteiger partial charge on any atom is -0.445 e. The van der Waals surface area contributed by atoms with Crippen molar-refractivity contribution in [3.8, 4) is 0 Å². The smallest absolute Gasteiger partial charge is 0.410 e. The number of likely N-dealkylation sites (tertiary alicyclic amines) is 1. The second-order valence-corrected chi connectivity index (χ2v) is 6.64. The van der Waals surface area contributed by atoms with Gasteiger partial charge in [0.15, 0.2) is 0 Å². The summed E-state index contributed by atoms with van der Waals surface area (Å²) in [6.07, 6.45) is 1.09. The topological polar surface area (TPSA) is 71.1 Å². The van der Waals surface area contributed by atoms with Crippen molar-refractivity contribution in [1.82, 2.24) is 15.1 Å². The van der Waals surface area contributed by atoms with Crippen LogP contribution in [0.3, 0.4) is 0 Å². The van der Waals surface area contributed by atoms with Gasteiger partial charge in [0.25, 0.3) is 0 Å². The number of carbonyl (C=O) groups excluding carboxylic acids is 2. The predicted octanol–water partition coefficient (Wildman–Crippen LogP) is 1.24. The summed E-state index contributed by atoms with van der Waals surface area (Å²) in [6, 6.07) is 9.12. The minimum absolute atomic E-state index is 0.0904. The largest absolute Gasteiger partial charge is 0.445 e. The molecule has 7 nitrogen and oxygen atoms in total. The van der Waals surface area contributed by atoms with Crippen LogP contribution in [0.25, 0.3) is 0 Å². The molecule has 2 aliphatic rings. The first-order valence-corrected chi connectivity index (χ1v) is 9.29. The molecule has 2 amide bonds. The number of ether oxygens (including phenoxy) is 2. The normalized spacial score (nSPS) is 20.8. The van der Waals surface area contributed by atoms with Gasteiger partial charge in [-0.2, -0.15) is 0 Å². The Labute approximate surface area is 154 Å². The van der Waals surface area contributed by atoms with Crippen LogP contribution in [-0.2, 0) is 20.9 Å². The average Bonchev–Trinajstić information content (AvgIpc) is 3.18. The first kappa shape index (κ1) is 18.7. The van der Waals surface area contributed by atoms with Gasteiger partial charge < -0.3 is 14.8 Å². The summed E-state index contributed by atoms with van der Waals surface area (Å²) in [5.41, 5.74) is 0.937. The monoisotopic (exact) mass is 361 g/mol. The van der Waals surface area contributed by atoms with E-state index >= 15 is 0 Å². The van der Waals surface area contributed by atoms with E-state index in [0.29, 0.717) is 19.5 Å². The fraction of sp³-hybridized carbons (Fsp3) is 0.579. The van der Waals surface area contributed by atoms with E-state index in [1.165, 1.54) is 0 Å². The van der Waals surface area contributed by atoms with Crippen molar-refractivity contribution < 1.29 is 19.1 Å². The molecule has 0 spiro atoms. The number of morpholine rings is 1. The molecule has 2 aliphatic heterocycles. The van der Waals surface area contributed by atoms with Gasteiger partial charge in [-0.3, -0.25) is 14.6 Å². The molecule has 2 heterocycles. The highest BCUT2D eigenvalue weighted by Crippen LogP contribution is 2.19. The Morgan fingerprint density at radius 1 is 1.15 bits per heavy atom. The van der Waals surface area contributed by atoms with E-state index in [4.69, 9.17) is 9.47 Å². The number of rotatable bonds is 6. The van der Waals surface area contributed by atoms with E-state index in [0.717, 1.165) is 44.8 Å². The van der Waals surface area contributed by atoms with Gasteiger partial charge in [-0.1, -0.05) is 30.3 Å². The number of hydrogen-bond donors (Lipinski definition) is 1. The van der Waals surface area contributed by atoms with Crippen LogP contribution in [0.2, 0.25) is 0 Å². The van der Waals surface area contributed by atoms with Crippen molar-refractivity contribution in [1.29, 1.82) is 0 Å². The zero-order valence-electron chi connectivity index (χ0n) is 15.1. The van der Waals surface area contributed by atoms with Crippen LogP contribution in [0.4, 0.5) is 4.79 Å². The fourth-order valence-corrected chi connectivity index (χ4v) is 3.34. The molecule has 1 aromatic rings. The van der Waals surface area contributed by atoms with Gasteiger partial charge in [-0.05, 0) is 18.4 Å². The van der Waals surface area contributed by atoms with Crippen LogP contribution < -0.4 is 5.32 Å². The average molecular weight is 361 g/mol. The van der Waals surface area contributed by atoms with Gasteiger partial charge in [-0.15, -0.1) is 0 Å². The summed E-state index contributed by atoms with van der Waals surface area (Å²) < 4.78 is 10.7. The highest BCUT2D eigenvalue weighted by atomic mass is 16.6. The molecule has 2 saturated heterocycles. The molecule has 0 aliphatic carbocycles. The first-order valence-electron chi connectivity index (χ1n) is 9.29. The third kappa shape index (κ3) is 5.19. The number of nitrogens with one attached hydrogen (secondary N) is 1. The van der Waals surface area contributed by atoms with Crippen molar-refractivity contribution in [3.05, 3.63) is 35.9 Å². The van der Waals surface area contributed by atoms with E-state index in [9.17, 15) is 9.59 Å². The summed E-state index contributed by atoms with van der Waals surface area (Å²) in [5.74, 6) is -0.0904. The number of benzene rings is 1. The Morgan fingerprint density at radius 2 is 1.92 bits per heavy atom. The molecule has 0 saturated carbocycles. The summed E-state index contributed by atoms with van der Waals surface area (Å²) in [6.45, 7) is 5.48. The maximum atomic E-state index is 12.5. The SMILES string of the molecule is O=C(NCCN1CCOCC1)C1CCCN1C(=O)OCc1ccccc1. The lowest BCUT2D eigenvalue weighted by molar-refractivity contribution is -0.125. The summed E-state index contributed by atoms with van der Waals surface area (Å²) in [4.78, 5) is 28.6. The van der Waals surface area contributed by atoms with Crippen LogP contribution in [0.5, 0.6) is 0 Å². The second-order valence-electron chi connectivity index (χ2n) is 6.64. The third-order valence-electron chi connectivity index (χ3n) is 4.83. The lowest BCUT2D eigenvalue weighted by Gasteiger charge is -2.27. The van der Waals surface area contributed by atoms with Gasteiger partial charge in [-0.25, -0.2) is 4.79 Å². The number of nitrogens with zero attached hydrogens (tertiary/aromatic N) is 2. The molecular weight excluding hydrogens is 334 g/mol. The molecule has 2 fully saturated rings. The van der Waals surface area contributed by atoms with E-state index in [1.807, 2.05) is 30.3 Å². The Morgan fingerprint density at radius 3 is 2.69 bits per heavy atom. The van der Waals surface area contributed by atoms with Crippen molar-refractivity contribution in [2.45, 2.75) is 25.5 Å². The lowest BCUT2D eigenvalue weighted by Crippen LogP contribution is -2.48. The molecule has 1 N–H and O–H groups in total. The maximum absolute atomic E-state index is 12.5. The number of carbonyl (C=O) groups is 2. The third-order valence-corrected chi connectivity index (χ3v) is 4.83. The molecule has 1 aromatic carbocycles. The highest BCUT2D eigenvalue weighted by molar-refractivity contribution is 5.86. The van der Waals surface area contributed by atoms with Crippen molar-refractivity contribution in [3.63, 3.8) is 0 Å². The molecule has 0 bridgehead atoms. The molecular formula is C19H27N3O4. The summed E-state index contributed by atoms with van der Waals surface area (Å²) in [5, 5.41) is 2.96. The standard InChI is InChI=1S/C19H27N3O4/c23-18(20-8-10-21-11-13-25-14-12-21)17-7-4-9-22(17)19(24)26-15-16-5-2-1-3-6-16/h1-3,5-6,17H,4,7-15H2,(H,20,23). The Balaban J connectivity index is 1.42. The van der Waals surface area contributed by atoms with Crippen molar-refractivity contribution in [2.24, 2.45) is 0 Å². The molecule has 0 radical (unpaired) electrons. The Hall–Kier alpha value is -2.12. The van der Waals surface area contributed by atoms with Crippen LogP contribution in [0.15, 0.2) is 30.3 Å². The number of hydrogen-bond acceptors (Lipinski definition) is 5. The quantitative estimate of drug-likeness (QED) is 0.825. The minimum atomic E-state index is -0.428. The maximum Gasteiger partial charge on any atom is 0.410 e. The Bertz CT molecular complexity index is 590. The second kappa shape index (κ2) is 9.54. The Kier molecular flexibility index (Phi) is 6.85. The van der Waals surface area contributed by atoms with E-state index in [2.05, 4.69) is 10.2 Å². The summed E-state index contributed by atoms with van der Waals surface area (Å²) >= 11 is 0. The first-order chi connectivity index (χ1) is 12.7. The van der Waals surface area contributed by atoms with E-state index < -0.39 is 12.1 Å². The lowest BCUT2D eigenvalue weighted by atomic mass is 10.2. The highest BCUT2D eigenvalue weighted by Gasteiger charge is 2.35. The van der Waals surface area contributed by atoms with Gasteiger partial charge in [0.1, 0.15) is 12.6 Å². The predicted molar refractivity (Wildman–Crippen MR) is 96.6 cm³/mol. The fourth-order valence-electron chi connectivity index (χ4n) is 3.34. The van der Waals surface area contributed by atoms with Crippen LogP contribution in [-0.4, -0.2) is 73.8 Å². The molecule has 26 heavy (non-hydrogen) atoms. The molecule has 7 heteroatoms. The molecule has 1 unspecified atom stereocenters. The zero-order chi connectivity index (χ0) is 18.2. The zero-order valence-corrected chi connectivity index (χ0v) is 15.1. The van der Waals surface area contributed by atoms with Gasteiger partial charge >= 0.3 is 6.09 Å². The molecule has 3 rings (SSSR count).